The van der Waals surface area contributed by atoms with Gasteiger partial charge in [0.05, 0.1) is 18.4 Å². The zero-order valence-electron chi connectivity index (χ0n) is 15.7. The number of carboxylic acids is 1. The first-order chi connectivity index (χ1) is 13.2. The third-order valence-corrected chi connectivity index (χ3v) is 3.87. The van der Waals surface area contributed by atoms with Crippen molar-refractivity contribution >= 4 is 11.9 Å². The summed E-state index contributed by atoms with van der Waals surface area (Å²) in [5.41, 5.74) is 1.36. The van der Waals surface area contributed by atoms with Gasteiger partial charge in [0.2, 0.25) is 0 Å². The smallest absolute Gasteiger partial charge is 0.387 e. The van der Waals surface area contributed by atoms with Gasteiger partial charge in [-0.1, -0.05) is 6.07 Å². The summed E-state index contributed by atoms with van der Waals surface area (Å²) >= 11 is 0. The average molecular weight is 397 g/mol. The minimum atomic E-state index is -2.98. The molecule has 0 bridgehead atoms. The van der Waals surface area contributed by atoms with E-state index in [9.17, 15) is 18.4 Å². The maximum absolute atomic E-state index is 12.8. The second kappa shape index (κ2) is 9.20. The largest absolute Gasteiger partial charge is 0.490 e. The molecular weight excluding hydrogens is 376 g/mol. The van der Waals surface area contributed by atoms with Gasteiger partial charge in [0.15, 0.2) is 11.5 Å². The maximum Gasteiger partial charge on any atom is 0.387 e. The van der Waals surface area contributed by atoms with Gasteiger partial charge in [-0.25, -0.2) is 0 Å². The van der Waals surface area contributed by atoms with Crippen LogP contribution in [0.15, 0.2) is 28.9 Å². The summed E-state index contributed by atoms with van der Waals surface area (Å²) in [5.74, 6) is -1.39. The zero-order chi connectivity index (χ0) is 20.8. The first-order valence-corrected chi connectivity index (χ1v) is 8.47. The molecule has 0 unspecified atom stereocenters. The van der Waals surface area contributed by atoms with Crippen molar-refractivity contribution in [3.8, 4) is 11.5 Å². The highest BCUT2D eigenvalue weighted by molar-refractivity contribution is 5.97. The third-order valence-electron chi connectivity index (χ3n) is 3.87. The van der Waals surface area contributed by atoms with Gasteiger partial charge in [-0.2, -0.15) is 8.78 Å². The molecule has 28 heavy (non-hydrogen) atoms. The van der Waals surface area contributed by atoms with E-state index in [1.165, 1.54) is 23.3 Å². The molecule has 0 spiro atoms. The second-order valence-corrected chi connectivity index (χ2v) is 6.04. The van der Waals surface area contributed by atoms with E-state index in [2.05, 4.69) is 4.74 Å². The monoisotopic (exact) mass is 397 g/mol. The van der Waals surface area contributed by atoms with Crippen LogP contribution >= 0.6 is 0 Å². The van der Waals surface area contributed by atoms with E-state index in [1.54, 1.807) is 27.0 Å². The number of amides is 1. The number of carbonyl (C=O) groups excluding carboxylic acids is 1. The van der Waals surface area contributed by atoms with Crippen molar-refractivity contribution in [2.75, 3.05) is 13.7 Å². The Balaban J connectivity index is 2.21. The minimum Gasteiger partial charge on any atom is -0.490 e. The standard InChI is InChI=1S/C19H21F2NO6/c1-4-26-14-7-12(5-6-13(14)28-19(20)21)9-22(3)18(25)17-11(2)10-27-15(17)8-16(23)24/h5-7,10,19H,4,8-9H2,1-3H3,(H,23,24). The van der Waals surface area contributed by atoms with Crippen molar-refractivity contribution in [1.29, 1.82) is 0 Å². The van der Waals surface area contributed by atoms with Crippen LogP contribution in [0.25, 0.3) is 0 Å². The van der Waals surface area contributed by atoms with Crippen molar-refractivity contribution < 1.29 is 37.4 Å². The summed E-state index contributed by atoms with van der Waals surface area (Å²) in [5, 5.41) is 8.96. The fraction of sp³-hybridized carbons (Fsp3) is 0.368. The molecule has 1 N–H and O–H groups in total. The molecule has 152 valence electrons. The Bertz CT molecular complexity index is 849. The highest BCUT2D eigenvalue weighted by Gasteiger charge is 2.23. The number of rotatable bonds is 9. The van der Waals surface area contributed by atoms with Gasteiger partial charge in [-0.05, 0) is 31.5 Å². The number of carbonyl (C=O) groups is 2. The van der Waals surface area contributed by atoms with E-state index in [-0.39, 0.29) is 36.0 Å². The lowest BCUT2D eigenvalue weighted by Gasteiger charge is -2.19. The third kappa shape index (κ3) is 5.21. The summed E-state index contributed by atoms with van der Waals surface area (Å²) in [7, 11) is 1.54. The molecule has 0 fully saturated rings. The number of carboxylic acid groups (broad SMARTS) is 1. The van der Waals surface area contributed by atoms with Gasteiger partial charge in [0.25, 0.3) is 5.91 Å². The molecule has 9 heteroatoms. The lowest BCUT2D eigenvalue weighted by Crippen LogP contribution is -2.27. The number of aliphatic carboxylic acids is 1. The van der Waals surface area contributed by atoms with Crippen LogP contribution in [0.2, 0.25) is 0 Å². The van der Waals surface area contributed by atoms with Gasteiger partial charge >= 0.3 is 12.6 Å². The number of aryl methyl sites for hydroxylation is 1. The Morgan fingerprint density at radius 2 is 2.00 bits per heavy atom. The number of ether oxygens (including phenoxy) is 2. The summed E-state index contributed by atoms with van der Waals surface area (Å²) in [6, 6.07) is 4.42. The SMILES string of the molecule is CCOc1cc(CN(C)C(=O)c2c(C)coc2CC(=O)O)ccc1OC(F)F. The number of furan rings is 1. The van der Waals surface area contributed by atoms with Gasteiger partial charge < -0.3 is 23.9 Å². The van der Waals surface area contributed by atoms with E-state index in [0.29, 0.717) is 11.1 Å². The highest BCUT2D eigenvalue weighted by atomic mass is 19.3. The number of nitrogens with zero attached hydrogens (tertiary/aromatic N) is 1. The first kappa shape index (κ1) is 21.2. The molecule has 0 atom stereocenters. The molecule has 0 aliphatic carbocycles. The van der Waals surface area contributed by atoms with Crippen molar-refractivity contribution in [3.05, 3.63) is 46.9 Å². The molecule has 1 aromatic heterocycles. The molecule has 2 rings (SSSR count). The molecular formula is C19H21F2NO6. The summed E-state index contributed by atoms with van der Waals surface area (Å²) in [6.45, 7) is 0.779. The predicted molar refractivity (Wildman–Crippen MR) is 94.8 cm³/mol. The second-order valence-electron chi connectivity index (χ2n) is 6.04. The Morgan fingerprint density at radius 3 is 2.61 bits per heavy atom. The number of halogens is 2. The van der Waals surface area contributed by atoms with Crippen LogP contribution in [0.4, 0.5) is 8.78 Å². The number of benzene rings is 1. The highest BCUT2D eigenvalue weighted by Crippen LogP contribution is 2.30. The Hall–Kier alpha value is -3.10. The van der Waals surface area contributed by atoms with Crippen molar-refractivity contribution in [1.82, 2.24) is 4.90 Å². The van der Waals surface area contributed by atoms with Crippen LogP contribution in [-0.2, 0) is 17.8 Å². The van der Waals surface area contributed by atoms with E-state index in [1.807, 2.05) is 0 Å². The molecule has 0 saturated heterocycles. The van der Waals surface area contributed by atoms with Crippen LogP contribution in [-0.4, -0.2) is 42.1 Å². The number of alkyl halides is 2. The minimum absolute atomic E-state index is 0.0811. The first-order valence-electron chi connectivity index (χ1n) is 8.47. The topological polar surface area (TPSA) is 89.2 Å². The fourth-order valence-corrected chi connectivity index (χ4v) is 2.70. The maximum atomic E-state index is 12.8. The van der Waals surface area contributed by atoms with E-state index >= 15 is 0 Å². The van der Waals surface area contributed by atoms with Crippen LogP contribution in [0.1, 0.15) is 34.2 Å². The molecule has 0 radical (unpaired) electrons. The van der Waals surface area contributed by atoms with Crippen molar-refractivity contribution in [2.45, 2.75) is 33.4 Å². The van der Waals surface area contributed by atoms with Gasteiger partial charge in [-0.3, -0.25) is 9.59 Å². The molecule has 1 aromatic carbocycles. The van der Waals surface area contributed by atoms with Crippen LogP contribution in [0.3, 0.4) is 0 Å². The fourth-order valence-electron chi connectivity index (χ4n) is 2.70. The molecule has 2 aromatic rings. The van der Waals surface area contributed by atoms with Gasteiger partial charge in [0, 0.05) is 19.2 Å². The molecule has 1 heterocycles. The summed E-state index contributed by atoms with van der Waals surface area (Å²) in [6.07, 6.45) is 0.930. The predicted octanol–water partition coefficient (Wildman–Crippen LogP) is 3.49. The van der Waals surface area contributed by atoms with Crippen LogP contribution in [0, 0.1) is 6.92 Å². The molecule has 1 amide bonds. The quantitative estimate of drug-likeness (QED) is 0.697. The van der Waals surface area contributed by atoms with Gasteiger partial charge in [0.1, 0.15) is 12.2 Å². The molecule has 7 nitrogen and oxygen atoms in total. The van der Waals surface area contributed by atoms with E-state index < -0.39 is 24.9 Å². The summed E-state index contributed by atoms with van der Waals surface area (Å²) < 4.78 is 40.0. The van der Waals surface area contributed by atoms with Crippen LogP contribution in [0.5, 0.6) is 11.5 Å². The Labute approximate surface area is 160 Å². The average Bonchev–Trinajstić information content (AvgIpc) is 2.96. The van der Waals surface area contributed by atoms with E-state index in [4.69, 9.17) is 14.3 Å². The van der Waals surface area contributed by atoms with Crippen molar-refractivity contribution in [3.63, 3.8) is 0 Å². The Kier molecular flexibility index (Phi) is 6.97. The molecule has 0 aliphatic rings. The lowest BCUT2D eigenvalue weighted by atomic mass is 10.1. The van der Waals surface area contributed by atoms with Crippen LogP contribution < -0.4 is 9.47 Å². The zero-order valence-corrected chi connectivity index (χ0v) is 15.7. The molecule has 0 aliphatic heterocycles. The number of hydrogen-bond donors (Lipinski definition) is 1. The molecule has 0 saturated carbocycles. The van der Waals surface area contributed by atoms with E-state index in [0.717, 1.165) is 0 Å². The Morgan fingerprint density at radius 1 is 1.29 bits per heavy atom. The van der Waals surface area contributed by atoms with Gasteiger partial charge in [-0.15, -0.1) is 0 Å². The lowest BCUT2D eigenvalue weighted by molar-refractivity contribution is -0.136. The normalized spacial score (nSPS) is 10.8. The van der Waals surface area contributed by atoms with Crippen molar-refractivity contribution in [2.24, 2.45) is 0 Å². The number of hydrogen-bond acceptors (Lipinski definition) is 5. The summed E-state index contributed by atoms with van der Waals surface area (Å²) in [4.78, 5) is 25.1.